The van der Waals surface area contributed by atoms with Crippen molar-refractivity contribution in [2.24, 2.45) is 5.73 Å². The number of hydrogen-bond donors (Lipinski definition) is 1. The number of ether oxygens (including phenoxy) is 1. The van der Waals surface area contributed by atoms with Crippen molar-refractivity contribution in [2.45, 2.75) is 13.0 Å². The predicted octanol–water partition coefficient (Wildman–Crippen LogP) is 2.48. The monoisotopic (exact) mass is 229 g/mol. The standard InChI is InChI=1S/C9H12BrNO/c1-6(11)8-5-7(10)3-4-9(8)12-2/h3-6H,11H2,1-2H3/t6-/m1/s1. The van der Waals surface area contributed by atoms with E-state index in [-0.39, 0.29) is 6.04 Å². The van der Waals surface area contributed by atoms with Crippen LogP contribution in [0.1, 0.15) is 18.5 Å². The first-order valence-corrected chi connectivity index (χ1v) is 4.53. The first-order chi connectivity index (χ1) is 5.65. The van der Waals surface area contributed by atoms with Crippen molar-refractivity contribution in [1.82, 2.24) is 0 Å². The van der Waals surface area contributed by atoms with E-state index in [1.54, 1.807) is 7.11 Å². The molecule has 0 aliphatic carbocycles. The molecule has 0 fully saturated rings. The summed E-state index contributed by atoms with van der Waals surface area (Å²) in [6, 6.07) is 5.81. The summed E-state index contributed by atoms with van der Waals surface area (Å²) >= 11 is 3.38. The van der Waals surface area contributed by atoms with Gasteiger partial charge in [0.05, 0.1) is 7.11 Å². The van der Waals surface area contributed by atoms with E-state index in [1.807, 2.05) is 25.1 Å². The molecule has 1 aromatic rings. The van der Waals surface area contributed by atoms with E-state index in [9.17, 15) is 0 Å². The number of benzene rings is 1. The molecule has 3 heteroatoms. The zero-order valence-electron chi connectivity index (χ0n) is 7.17. The molecular formula is C9H12BrNO. The van der Waals surface area contributed by atoms with Crippen molar-refractivity contribution in [1.29, 1.82) is 0 Å². The fourth-order valence-electron chi connectivity index (χ4n) is 1.06. The summed E-state index contributed by atoms with van der Waals surface area (Å²) in [6.07, 6.45) is 0. The van der Waals surface area contributed by atoms with Crippen LogP contribution in [-0.4, -0.2) is 7.11 Å². The second kappa shape index (κ2) is 3.92. The lowest BCUT2D eigenvalue weighted by molar-refractivity contribution is 0.407. The molecule has 0 bridgehead atoms. The second-order valence-electron chi connectivity index (χ2n) is 2.67. The molecule has 0 aliphatic heterocycles. The van der Waals surface area contributed by atoms with Crippen LogP contribution < -0.4 is 10.5 Å². The Bertz CT molecular complexity index is 273. The molecule has 12 heavy (non-hydrogen) atoms. The minimum atomic E-state index is -0.00236. The van der Waals surface area contributed by atoms with Gasteiger partial charge in [-0.3, -0.25) is 0 Å². The lowest BCUT2D eigenvalue weighted by Crippen LogP contribution is -2.06. The van der Waals surface area contributed by atoms with Gasteiger partial charge in [0.15, 0.2) is 0 Å². The zero-order valence-corrected chi connectivity index (χ0v) is 8.76. The highest BCUT2D eigenvalue weighted by molar-refractivity contribution is 9.10. The van der Waals surface area contributed by atoms with Crippen molar-refractivity contribution < 1.29 is 4.74 Å². The van der Waals surface area contributed by atoms with Crippen LogP contribution >= 0.6 is 15.9 Å². The van der Waals surface area contributed by atoms with Crippen molar-refractivity contribution >= 4 is 15.9 Å². The van der Waals surface area contributed by atoms with Crippen LogP contribution in [0, 0.1) is 0 Å². The molecule has 1 rings (SSSR count). The number of halogens is 1. The Morgan fingerprint density at radius 3 is 2.67 bits per heavy atom. The third kappa shape index (κ3) is 1.99. The van der Waals surface area contributed by atoms with E-state index < -0.39 is 0 Å². The van der Waals surface area contributed by atoms with E-state index in [2.05, 4.69) is 15.9 Å². The molecule has 0 aromatic heterocycles. The summed E-state index contributed by atoms with van der Waals surface area (Å²) in [5.41, 5.74) is 6.78. The summed E-state index contributed by atoms with van der Waals surface area (Å²) in [7, 11) is 1.65. The molecule has 0 unspecified atom stereocenters. The number of hydrogen-bond acceptors (Lipinski definition) is 2. The van der Waals surface area contributed by atoms with E-state index in [4.69, 9.17) is 10.5 Å². The molecule has 0 amide bonds. The number of nitrogens with two attached hydrogens (primary N) is 1. The Morgan fingerprint density at radius 1 is 1.50 bits per heavy atom. The highest BCUT2D eigenvalue weighted by Gasteiger charge is 2.06. The van der Waals surface area contributed by atoms with Gasteiger partial charge in [-0.15, -0.1) is 0 Å². The number of methoxy groups -OCH3 is 1. The molecular weight excluding hydrogens is 218 g/mol. The zero-order chi connectivity index (χ0) is 9.14. The van der Waals surface area contributed by atoms with Gasteiger partial charge in [0.1, 0.15) is 5.75 Å². The van der Waals surface area contributed by atoms with Crippen molar-refractivity contribution in [3.8, 4) is 5.75 Å². The topological polar surface area (TPSA) is 35.2 Å². The average Bonchev–Trinajstić information content (AvgIpc) is 2.04. The summed E-state index contributed by atoms with van der Waals surface area (Å²) in [5.74, 6) is 0.841. The maximum Gasteiger partial charge on any atom is 0.123 e. The first kappa shape index (κ1) is 9.55. The van der Waals surface area contributed by atoms with Gasteiger partial charge in [-0.25, -0.2) is 0 Å². The highest BCUT2D eigenvalue weighted by atomic mass is 79.9. The van der Waals surface area contributed by atoms with E-state index in [1.165, 1.54) is 0 Å². The molecule has 0 saturated carbocycles. The fraction of sp³-hybridized carbons (Fsp3) is 0.333. The van der Waals surface area contributed by atoms with Crippen LogP contribution in [0.2, 0.25) is 0 Å². The smallest absolute Gasteiger partial charge is 0.123 e. The highest BCUT2D eigenvalue weighted by Crippen LogP contribution is 2.26. The average molecular weight is 230 g/mol. The van der Waals surface area contributed by atoms with Crippen LogP contribution in [0.15, 0.2) is 22.7 Å². The van der Waals surface area contributed by atoms with Gasteiger partial charge in [0.2, 0.25) is 0 Å². The summed E-state index contributed by atoms with van der Waals surface area (Å²) in [6.45, 7) is 1.93. The van der Waals surface area contributed by atoms with Crippen molar-refractivity contribution in [2.75, 3.05) is 7.11 Å². The molecule has 1 atom stereocenters. The molecule has 2 N–H and O–H groups in total. The molecule has 0 saturated heterocycles. The van der Waals surface area contributed by atoms with Gasteiger partial charge in [0, 0.05) is 16.1 Å². The quantitative estimate of drug-likeness (QED) is 0.846. The predicted molar refractivity (Wildman–Crippen MR) is 53.3 cm³/mol. The van der Waals surface area contributed by atoms with Crippen LogP contribution in [-0.2, 0) is 0 Å². The maximum atomic E-state index is 5.76. The molecule has 0 aliphatic rings. The largest absolute Gasteiger partial charge is 0.496 e. The van der Waals surface area contributed by atoms with Crippen LogP contribution in [0.25, 0.3) is 0 Å². The van der Waals surface area contributed by atoms with Gasteiger partial charge in [-0.05, 0) is 25.1 Å². The van der Waals surface area contributed by atoms with Gasteiger partial charge in [-0.2, -0.15) is 0 Å². The maximum absolute atomic E-state index is 5.76. The number of rotatable bonds is 2. The second-order valence-corrected chi connectivity index (χ2v) is 3.59. The van der Waals surface area contributed by atoms with Crippen LogP contribution in [0.3, 0.4) is 0 Å². The van der Waals surface area contributed by atoms with Crippen molar-refractivity contribution in [3.63, 3.8) is 0 Å². The van der Waals surface area contributed by atoms with Crippen molar-refractivity contribution in [3.05, 3.63) is 28.2 Å². The Kier molecular flexibility index (Phi) is 3.12. The Labute approximate surface area is 80.8 Å². The van der Waals surface area contributed by atoms with Gasteiger partial charge >= 0.3 is 0 Å². The molecule has 1 aromatic carbocycles. The van der Waals surface area contributed by atoms with E-state index >= 15 is 0 Å². The minimum absolute atomic E-state index is 0.00236. The van der Waals surface area contributed by atoms with Gasteiger partial charge in [-0.1, -0.05) is 15.9 Å². The minimum Gasteiger partial charge on any atom is -0.496 e. The fourth-order valence-corrected chi connectivity index (χ4v) is 1.44. The third-order valence-electron chi connectivity index (χ3n) is 1.68. The Morgan fingerprint density at radius 2 is 2.17 bits per heavy atom. The Hall–Kier alpha value is -0.540. The summed E-state index contributed by atoms with van der Waals surface area (Å²) < 4.78 is 6.18. The molecule has 0 heterocycles. The normalized spacial score (nSPS) is 12.7. The third-order valence-corrected chi connectivity index (χ3v) is 2.18. The molecule has 2 nitrogen and oxygen atoms in total. The first-order valence-electron chi connectivity index (χ1n) is 3.74. The molecule has 66 valence electrons. The van der Waals surface area contributed by atoms with E-state index in [0.717, 1.165) is 15.8 Å². The lowest BCUT2D eigenvalue weighted by atomic mass is 10.1. The summed E-state index contributed by atoms with van der Waals surface area (Å²) in [5, 5.41) is 0. The van der Waals surface area contributed by atoms with Crippen LogP contribution in [0.5, 0.6) is 5.75 Å². The van der Waals surface area contributed by atoms with Gasteiger partial charge in [0.25, 0.3) is 0 Å². The summed E-state index contributed by atoms with van der Waals surface area (Å²) in [4.78, 5) is 0. The molecule has 0 spiro atoms. The van der Waals surface area contributed by atoms with Crippen LogP contribution in [0.4, 0.5) is 0 Å². The molecule has 0 radical (unpaired) electrons. The lowest BCUT2D eigenvalue weighted by Gasteiger charge is -2.11. The SMILES string of the molecule is COc1ccc(Br)cc1[C@@H](C)N. The van der Waals surface area contributed by atoms with Gasteiger partial charge < -0.3 is 10.5 Å². The Balaban J connectivity index is 3.12. The van der Waals surface area contributed by atoms with E-state index in [0.29, 0.717) is 0 Å².